The lowest BCUT2D eigenvalue weighted by molar-refractivity contribution is -0.140. The average Bonchev–Trinajstić information content (AvgIpc) is 3.62. The van der Waals surface area contributed by atoms with Crippen LogP contribution in [0.4, 0.5) is 0 Å². The average molecular weight is 1230 g/mol. The van der Waals surface area contributed by atoms with Crippen LogP contribution in [0.25, 0.3) is 10.8 Å². The predicted molar refractivity (Wildman–Crippen MR) is 317 cm³/mol. The summed E-state index contributed by atoms with van der Waals surface area (Å²) < 4.78 is 0. The Morgan fingerprint density at radius 3 is 1.21 bits per heavy atom. The molecule has 0 radical (unpaired) electrons. The van der Waals surface area contributed by atoms with Crippen molar-refractivity contribution in [2.75, 3.05) is 13.1 Å². The molecule has 0 aromatic heterocycles. The third-order valence-electron chi connectivity index (χ3n) is 14.6. The summed E-state index contributed by atoms with van der Waals surface area (Å²) in [5, 5.41) is 63.7. The molecule has 12 atom stereocenters. The smallest absolute Gasteiger partial charge is 0.303 e. The summed E-state index contributed by atoms with van der Waals surface area (Å²) in [7, 11) is 0. The highest BCUT2D eigenvalue weighted by molar-refractivity contribution is 5.99. The summed E-state index contributed by atoms with van der Waals surface area (Å²) in [5.41, 5.74) is 17.3. The zero-order valence-corrected chi connectivity index (χ0v) is 50.3. The molecule has 0 spiro atoms. The van der Waals surface area contributed by atoms with Gasteiger partial charge in [0, 0.05) is 32.6 Å². The van der Waals surface area contributed by atoms with Gasteiger partial charge in [-0.15, -0.1) is 0 Å². The second kappa shape index (κ2) is 38.7. The van der Waals surface area contributed by atoms with E-state index in [4.69, 9.17) is 17.2 Å². The molecule has 0 bridgehead atoms. The Bertz CT molecular complexity index is 2690. The molecular formula is C58H90N12O17. The van der Waals surface area contributed by atoms with E-state index in [1.54, 1.807) is 58.0 Å². The highest BCUT2D eigenvalue weighted by atomic mass is 16.4. The van der Waals surface area contributed by atoms with Crippen molar-refractivity contribution in [2.24, 2.45) is 29.0 Å². The summed E-state index contributed by atoms with van der Waals surface area (Å²) in [6.45, 7) is 9.51. The van der Waals surface area contributed by atoms with Crippen LogP contribution in [0.5, 0.6) is 0 Å². The van der Waals surface area contributed by atoms with Gasteiger partial charge in [-0.1, -0.05) is 83.0 Å². The third kappa shape index (κ3) is 26.9. The normalized spacial score (nSPS) is 15.3. The Hall–Kier alpha value is -8.31. The lowest BCUT2D eigenvalue weighted by atomic mass is 9.96. The van der Waals surface area contributed by atoms with E-state index in [9.17, 15) is 82.8 Å². The highest BCUT2D eigenvalue weighted by Crippen LogP contribution is 2.19. The number of hydrogen-bond acceptors (Lipinski definition) is 16. The number of carboxylic acids is 3. The zero-order valence-electron chi connectivity index (χ0n) is 50.3. The van der Waals surface area contributed by atoms with E-state index in [0.29, 0.717) is 44.2 Å². The van der Waals surface area contributed by atoms with E-state index in [0.717, 1.165) is 17.7 Å². The first-order valence-corrected chi connectivity index (χ1v) is 29.3. The number of nitrogens with one attached hydrogen (secondary N) is 9. The number of carbonyl (C=O) groups is 13. The Labute approximate surface area is 505 Å². The molecule has 0 saturated heterocycles. The molecule has 0 saturated carbocycles. The van der Waals surface area contributed by atoms with Crippen LogP contribution in [0.15, 0.2) is 42.5 Å². The molecule has 2 rings (SSSR count). The number of hydrogen-bond donors (Lipinski definition) is 16. The van der Waals surface area contributed by atoms with Gasteiger partial charge in [-0.3, -0.25) is 62.3 Å². The molecule has 19 N–H and O–H groups in total. The maximum Gasteiger partial charge on any atom is 0.303 e. The number of amides is 10. The number of primary amides is 1. The van der Waals surface area contributed by atoms with E-state index in [1.807, 2.05) is 12.1 Å². The standard InChI is InChI=1S/C58H90N12O17/c1-7-31(3)47(56(85)63-38(50(61)79)21-24-44(73)74)69-53(82)40(18-12-14-28-60)64-55(84)43(30-35-19-20-36-15-9-10-16-37(36)29-35)67-58(87)49(33(5)71)70-54(83)42(23-26-46(77)78)65-51(80)41(22-25-45(75)76)66-57(86)48(32(4)8-2)68-52(81)39(62-34(6)72)17-11-13-27-59/h9-10,15-16,19-20,29,31-33,38-43,47-49,71H,7-8,11-14,17-18,21-28,30,59-60H2,1-6H3,(H2,61,79)(H,62,72)(H,63,85)(H,64,84)(H,65,80)(H,66,86)(H,67,87)(H,68,81)(H,69,82)(H,70,83)(H,73,74)(H,75,76)(H,77,78)/t31-,32-,33+,38-,39-,40-,41-,42-,43-,47-,48-,49-/m0/s1. The fourth-order valence-corrected chi connectivity index (χ4v) is 9.11. The quantitative estimate of drug-likeness (QED) is 0.0339. The van der Waals surface area contributed by atoms with E-state index in [-0.39, 0.29) is 38.6 Å². The van der Waals surface area contributed by atoms with Gasteiger partial charge in [-0.2, -0.15) is 0 Å². The molecule has 0 aliphatic carbocycles. The number of nitrogens with two attached hydrogens (primary N) is 3. The third-order valence-corrected chi connectivity index (χ3v) is 14.6. The lowest BCUT2D eigenvalue weighted by Gasteiger charge is -2.30. The van der Waals surface area contributed by atoms with Crippen molar-refractivity contribution < 1.29 is 82.8 Å². The van der Waals surface area contributed by atoms with Gasteiger partial charge >= 0.3 is 17.9 Å². The molecular weight excluding hydrogens is 1140 g/mol. The van der Waals surface area contributed by atoms with Crippen LogP contribution in [0.3, 0.4) is 0 Å². The molecule has 87 heavy (non-hydrogen) atoms. The first-order chi connectivity index (χ1) is 41.1. The van der Waals surface area contributed by atoms with Crippen LogP contribution in [0.1, 0.15) is 137 Å². The van der Waals surface area contributed by atoms with Crippen LogP contribution >= 0.6 is 0 Å². The van der Waals surface area contributed by atoms with Crippen molar-refractivity contribution in [3.05, 3.63) is 48.0 Å². The minimum absolute atomic E-state index is 0.0508. The van der Waals surface area contributed by atoms with Crippen molar-refractivity contribution in [3.8, 4) is 0 Å². The summed E-state index contributed by atoms with van der Waals surface area (Å²) in [4.78, 5) is 172. The first kappa shape index (κ1) is 74.8. The molecule has 484 valence electrons. The molecule has 0 aliphatic rings. The molecule has 29 nitrogen and oxygen atoms in total. The van der Waals surface area contributed by atoms with Gasteiger partial charge in [0.25, 0.3) is 0 Å². The second-order valence-electron chi connectivity index (χ2n) is 21.7. The van der Waals surface area contributed by atoms with Gasteiger partial charge < -0.3 is 85.5 Å². The van der Waals surface area contributed by atoms with Gasteiger partial charge in [-0.05, 0) is 106 Å². The largest absolute Gasteiger partial charge is 0.481 e. The molecule has 2 aromatic rings. The molecule has 0 unspecified atom stereocenters. The molecule has 2 aromatic carbocycles. The molecule has 10 amide bonds. The Morgan fingerprint density at radius 2 is 0.793 bits per heavy atom. The van der Waals surface area contributed by atoms with Gasteiger partial charge in [0.05, 0.1) is 6.10 Å². The van der Waals surface area contributed by atoms with Crippen molar-refractivity contribution in [1.29, 1.82) is 0 Å². The fraction of sp³-hybridized carbons (Fsp3) is 0.603. The number of aliphatic carboxylic acids is 3. The molecule has 0 fully saturated rings. The minimum atomic E-state index is -1.95. The van der Waals surface area contributed by atoms with E-state index >= 15 is 0 Å². The summed E-state index contributed by atoms with van der Waals surface area (Å²) in [5.74, 6) is -14.8. The molecule has 29 heteroatoms. The van der Waals surface area contributed by atoms with Crippen molar-refractivity contribution in [1.82, 2.24) is 47.9 Å². The number of benzene rings is 2. The summed E-state index contributed by atoms with van der Waals surface area (Å²) in [6, 6.07) is -1.29. The van der Waals surface area contributed by atoms with Gasteiger partial charge in [-0.25, -0.2) is 0 Å². The Balaban J connectivity index is 2.60. The van der Waals surface area contributed by atoms with Crippen LogP contribution in [-0.2, 0) is 68.7 Å². The van der Waals surface area contributed by atoms with Gasteiger partial charge in [0.15, 0.2) is 0 Å². The number of aliphatic hydroxyl groups is 1. The van der Waals surface area contributed by atoms with E-state index < -0.39 is 181 Å². The van der Waals surface area contributed by atoms with E-state index in [1.165, 1.54) is 6.92 Å². The number of aliphatic hydroxyl groups excluding tert-OH is 1. The van der Waals surface area contributed by atoms with Crippen LogP contribution in [0.2, 0.25) is 0 Å². The number of fused-ring (bicyclic) bond motifs is 1. The van der Waals surface area contributed by atoms with Gasteiger partial charge in [0.1, 0.15) is 54.4 Å². The monoisotopic (exact) mass is 1230 g/mol. The van der Waals surface area contributed by atoms with Crippen molar-refractivity contribution in [3.63, 3.8) is 0 Å². The van der Waals surface area contributed by atoms with Crippen LogP contribution < -0.4 is 65.1 Å². The maximum absolute atomic E-state index is 14.7. The number of unbranched alkanes of at least 4 members (excludes halogenated alkanes) is 2. The van der Waals surface area contributed by atoms with E-state index in [2.05, 4.69) is 47.9 Å². The van der Waals surface area contributed by atoms with Crippen LogP contribution in [-0.4, -0.2) is 171 Å². The first-order valence-electron chi connectivity index (χ1n) is 29.3. The Kier molecular flexibility index (Phi) is 33.2. The SMILES string of the molecule is CC[C@H](C)[C@H](NC(=O)[C@H](CCCCN)NC(=O)[C@H](Cc1ccc2ccccc2c1)NC(=O)[C@@H](NC(=O)[C@H](CCC(=O)O)NC(=O)[C@H](CCC(=O)O)NC(=O)[C@@H](NC(=O)[C@H](CCCCN)NC(C)=O)[C@@H](C)CC)[C@@H](C)O)C(=O)N[C@@H](CCC(=O)O)C(N)=O. The fourth-order valence-electron chi connectivity index (χ4n) is 9.11. The zero-order chi connectivity index (χ0) is 65.5. The number of carboxylic acid groups (broad SMARTS) is 3. The second-order valence-corrected chi connectivity index (χ2v) is 21.7. The summed E-state index contributed by atoms with van der Waals surface area (Å²) >= 11 is 0. The number of rotatable bonds is 42. The van der Waals surface area contributed by atoms with Crippen molar-refractivity contribution >= 4 is 87.8 Å². The minimum Gasteiger partial charge on any atom is -0.481 e. The Morgan fingerprint density at radius 1 is 0.437 bits per heavy atom. The lowest BCUT2D eigenvalue weighted by Crippen LogP contribution is -2.62. The predicted octanol–water partition coefficient (Wildman–Crippen LogP) is -1.42. The maximum atomic E-state index is 14.7. The summed E-state index contributed by atoms with van der Waals surface area (Å²) in [6.07, 6.45) is -3.22. The molecule has 0 aliphatic heterocycles. The van der Waals surface area contributed by atoms with Crippen LogP contribution in [0, 0.1) is 11.8 Å². The number of carbonyl (C=O) groups excluding carboxylic acids is 10. The highest BCUT2D eigenvalue weighted by Gasteiger charge is 2.38. The molecule has 0 heterocycles. The topological polar surface area (TPSA) is 489 Å². The van der Waals surface area contributed by atoms with Crippen molar-refractivity contribution in [2.45, 2.75) is 198 Å². The van der Waals surface area contributed by atoms with Gasteiger partial charge in [0.2, 0.25) is 59.1 Å².